The number of rotatable bonds is 8. The molecule has 2 aromatic rings. The van der Waals surface area contributed by atoms with Crippen LogP contribution in [0.5, 0.6) is 5.75 Å². The molecule has 5 nitrogen and oxygen atoms in total. The summed E-state index contributed by atoms with van der Waals surface area (Å²) in [7, 11) is 0. The molecule has 1 aliphatic rings. The molecular formula is C24H30N2O3. The van der Waals surface area contributed by atoms with E-state index in [1.54, 1.807) is 31.2 Å². The maximum absolute atomic E-state index is 12.6. The van der Waals surface area contributed by atoms with Crippen LogP contribution < -0.4 is 4.74 Å². The van der Waals surface area contributed by atoms with Crippen molar-refractivity contribution < 1.29 is 14.3 Å². The Morgan fingerprint density at radius 2 is 1.69 bits per heavy atom. The fraction of sp³-hybridized carbons (Fsp3) is 0.417. The van der Waals surface area contributed by atoms with Gasteiger partial charge in [0, 0.05) is 44.7 Å². The Bertz CT molecular complexity index is 790. The van der Waals surface area contributed by atoms with Crippen LogP contribution in [0.2, 0.25) is 0 Å². The molecule has 0 aromatic heterocycles. The summed E-state index contributed by atoms with van der Waals surface area (Å²) in [5.41, 5.74) is 2.00. The van der Waals surface area contributed by atoms with Crippen molar-refractivity contribution in [2.24, 2.45) is 0 Å². The van der Waals surface area contributed by atoms with Crippen molar-refractivity contribution in [2.45, 2.75) is 32.7 Å². The van der Waals surface area contributed by atoms with Crippen LogP contribution in [0, 0.1) is 0 Å². The van der Waals surface area contributed by atoms with E-state index in [-0.39, 0.29) is 11.7 Å². The first-order chi connectivity index (χ1) is 14.1. The van der Waals surface area contributed by atoms with Gasteiger partial charge in [0.15, 0.2) is 5.78 Å². The molecule has 1 amide bonds. The summed E-state index contributed by atoms with van der Waals surface area (Å²) in [5.74, 6) is 0.984. The summed E-state index contributed by atoms with van der Waals surface area (Å²) >= 11 is 0. The maximum atomic E-state index is 12.6. The van der Waals surface area contributed by atoms with Crippen molar-refractivity contribution in [1.82, 2.24) is 9.80 Å². The number of ketones is 1. The number of Topliss-reactive ketones (excluding diaryl/α,β-unsaturated/α-hetero) is 1. The first-order valence-electron chi connectivity index (χ1n) is 10.4. The van der Waals surface area contributed by atoms with E-state index in [1.807, 2.05) is 11.0 Å². The first-order valence-corrected chi connectivity index (χ1v) is 10.4. The second-order valence-electron chi connectivity index (χ2n) is 7.53. The summed E-state index contributed by atoms with van der Waals surface area (Å²) in [4.78, 5) is 28.3. The van der Waals surface area contributed by atoms with E-state index in [1.165, 1.54) is 5.56 Å². The number of carbonyl (C=O) groups is 2. The minimum absolute atomic E-state index is 0.0435. The number of ether oxygens (including phenoxy) is 1. The largest absolute Gasteiger partial charge is 0.494 e. The Kier molecular flexibility index (Phi) is 7.82. The minimum Gasteiger partial charge on any atom is -0.494 e. The van der Waals surface area contributed by atoms with Gasteiger partial charge in [-0.3, -0.25) is 14.5 Å². The molecule has 2 aromatic carbocycles. The van der Waals surface area contributed by atoms with Gasteiger partial charge in [-0.05, 0) is 49.6 Å². The summed E-state index contributed by atoms with van der Waals surface area (Å²) in [5, 5.41) is 0. The van der Waals surface area contributed by atoms with Crippen molar-refractivity contribution in [1.29, 1.82) is 0 Å². The van der Waals surface area contributed by atoms with E-state index >= 15 is 0 Å². The predicted octanol–water partition coefficient (Wildman–Crippen LogP) is 3.78. The summed E-state index contributed by atoms with van der Waals surface area (Å²) in [6.45, 7) is 6.55. The van der Waals surface area contributed by atoms with Crippen LogP contribution in [0.25, 0.3) is 0 Å². The van der Waals surface area contributed by atoms with Gasteiger partial charge in [0.25, 0.3) is 0 Å². The molecule has 0 atom stereocenters. The third-order valence-electron chi connectivity index (χ3n) is 5.25. The van der Waals surface area contributed by atoms with Gasteiger partial charge in [-0.15, -0.1) is 0 Å². The molecular weight excluding hydrogens is 364 g/mol. The average Bonchev–Trinajstić information content (AvgIpc) is 2.98. The van der Waals surface area contributed by atoms with Gasteiger partial charge in [0.2, 0.25) is 5.91 Å². The Hall–Kier alpha value is -2.66. The maximum Gasteiger partial charge on any atom is 0.222 e. The normalized spacial score (nSPS) is 15.0. The highest BCUT2D eigenvalue weighted by Crippen LogP contribution is 2.14. The zero-order valence-electron chi connectivity index (χ0n) is 17.2. The topological polar surface area (TPSA) is 49.9 Å². The molecule has 0 unspecified atom stereocenters. The Balaban J connectivity index is 1.36. The van der Waals surface area contributed by atoms with E-state index < -0.39 is 0 Å². The summed E-state index contributed by atoms with van der Waals surface area (Å²) < 4.78 is 5.70. The van der Waals surface area contributed by atoms with Crippen LogP contribution in [0.15, 0.2) is 54.6 Å². The Morgan fingerprint density at radius 1 is 0.931 bits per heavy atom. The first kappa shape index (κ1) is 21.1. The van der Waals surface area contributed by atoms with Crippen LogP contribution >= 0.6 is 0 Å². The molecule has 29 heavy (non-hydrogen) atoms. The minimum atomic E-state index is 0.0435. The molecule has 0 radical (unpaired) electrons. The second kappa shape index (κ2) is 10.8. The van der Waals surface area contributed by atoms with Crippen molar-refractivity contribution >= 4 is 11.7 Å². The fourth-order valence-electron chi connectivity index (χ4n) is 3.58. The van der Waals surface area contributed by atoms with Crippen LogP contribution in [0.3, 0.4) is 0 Å². The summed E-state index contributed by atoms with van der Waals surface area (Å²) in [6, 6.07) is 17.6. The molecule has 1 fully saturated rings. The highest BCUT2D eigenvalue weighted by atomic mass is 16.5. The van der Waals surface area contributed by atoms with Crippen LogP contribution in [0.1, 0.15) is 42.1 Å². The third-order valence-corrected chi connectivity index (χ3v) is 5.25. The number of hydrogen-bond donors (Lipinski definition) is 0. The van der Waals surface area contributed by atoms with Gasteiger partial charge in [-0.1, -0.05) is 30.3 Å². The van der Waals surface area contributed by atoms with Gasteiger partial charge < -0.3 is 9.64 Å². The highest BCUT2D eigenvalue weighted by Gasteiger charge is 2.18. The number of amides is 1. The van der Waals surface area contributed by atoms with Gasteiger partial charge in [-0.2, -0.15) is 0 Å². The lowest BCUT2D eigenvalue weighted by molar-refractivity contribution is -0.131. The molecule has 0 bridgehead atoms. The molecule has 1 saturated heterocycles. The summed E-state index contributed by atoms with van der Waals surface area (Å²) in [6.07, 6.45) is 2.21. The molecule has 1 heterocycles. The number of hydrogen-bond acceptors (Lipinski definition) is 4. The van der Waals surface area contributed by atoms with Crippen LogP contribution in [0.4, 0.5) is 0 Å². The molecule has 0 aliphatic carbocycles. The van der Waals surface area contributed by atoms with Gasteiger partial charge in [-0.25, -0.2) is 0 Å². The lowest BCUT2D eigenvalue weighted by atomic mass is 10.1. The molecule has 0 spiro atoms. The second-order valence-corrected chi connectivity index (χ2v) is 7.53. The smallest absolute Gasteiger partial charge is 0.222 e. The lowest BCUT2D eigenvalue weighted by Gasteiger charge is -2.22. The lowest BCUT2D eigenvalue weighted by Crippen LogP contribution is -2.35. The predicted molar refractivity (Wildman–Crippen MR) is 114 cm³/mol. The van der Waals surface area contributed by atoms with E-state index in [0.29, 0.717) is 25.0 Å². The van der Waals surface area contributed by atoms with Gasteiger partial charge in [0.1, 0.15) is 5.75 Å². The molecule has 0 N–H and O–H groups in total. The van der Waals surface area contributed by atoms with Crippen LogP contribution in [-0.2, 0) is 11.3 Å². The van der Waals surface area contributed by atoms with Gasteiger partial charge in [0.05, 0.1) is 6.61 Å². The van der Waals surface area contributed by atoms with Crippen molar-refractivity contribution in [3.8, 4) is 5.75 Å². The highest BCUT2D eigenvalue weighted by molar-refractivity contribution is 5.94. The Morgan fingerprint density at radius 3 is 2.41 bits per heavy atom. The fourth-order valence-corrected chi connectivity index (χ4v) is 3.58. The van der Waals surface area contributed by atoms with Crippen LogP contribution in [-0.4, -0.2) is 54.3 Å². The average molecular weight is 395 g/mol. The zero-order chi connectivity index (χ0) is 20.5. The van der Waals surface area contributed by atoms with Crippen molar-refractivity contribution in [3.63, 3.8) is 0 Å². The van der Waals surface area contributed by atoms with E-state index in [4.69, 9.17) is 4.74 Å². The standard InChI is InChI=1S/C24H30N2O3/c1-20(27)22-10-12-23(13-11-22)29-18-5-9-24(28)26-15-6-14-25(16-17-26)19-21-7-3-2-4-8-21/h2-4,7-8,10-13H,5-6,9,14-19H2,1H3. The molecule has 1 aliphatic heterocycles. The third kappa shape index (κ3) is 6.71. The molecule has 0 saturated carbocycles. The molecule has 3 rings (SSSR count). The quantitative estimate of drug-likeness (QED) is 0.505. The number of carbonyl (C=O) groups excluding carboxylic acids is 2. The van der Waals surface area contributed by atoms with E-state index in [9.17, 15) is 9.59 Å². The van der Waals surface area contributed by atoms with Crippen molar-refractivity contribution in [2.75, 3.05) is 32.8 Å². The number of nitrogens with zero attached hydrogens (tertiary/aromatic N) is 2. The monoisotopic (exact) mass is 394 g/mol. The van der Waals surface area contributed by atoms with Gasteiger partial charge >= 0.3 is 0 Å². The van der Waals surface area contributed by atoms with E-state index in [2.05, 4.69) is 29.2 Å². The van der Waals surface area contributed by atoms with E-state index in [0.717, 1.165) is 44.9 Å². The SMILES string of the molecule is CC(=O)c1ccc(OCCCC(=O)N2CCCN(Cc3ccccc3)CC2)cc1. The number of benzene rings is 2. The molecule has 154 valence electrons. The van der Waals surface area contributed by atoms with Crippen molar-refractivity contribution in [3.05, 3.63) is 65.7 Å². The Labute approximate surface area is 173 Å². The zero-order valence-corrected chi connectivity index (χ0v) is 17.2. The molecule has 5 heteroatoms.